The van der Waals surface area contributed by atoms with Crippen LogP contribution in [0.5, 0.6) is 0 Å². The Kier molecular flexibility index (Phi) is 11.2. The highest BCUT2D eigenvalue weighted by Crippen LogP contribution is 2.35. The van der Waals surface area contributed by atoms with Gasteiger partial charge in [-0.3, -0.25) is 0 Å². The summed E-state index contributed by atoms with van der Waals surface area (Å²) in [5.74, 6) is 0. The molecule has 0 spiro atoms. The van der Waals surface area contributed by atoms with Gasteiger partial charge in [0.05, 0.1) is 0 Å². The standard InChI is InChI=1S/Al.FH2O4P.H2O.3H/c;1-5-6(2,3)4;;;;/h;(H2,2,3,4);1H2;;;. The van der Waals surface area contributed by atoms with Gasteiger partial charge in [-0.15, -0.1) is 0 Å². The van der Waals surface area contributed by atoms with E-state index in [-0.39, 0.29) is 22.8 Å². The first-order valence-electron chi connectivity index (χ1n) is 0.919. The second kappa shape index (κ2) is 5.67. The number of rotatable bonds is 1. The van der Waals surface area contributed by atoms with Crippen LogP contribution in [0.4, 0.5) is 4.53 Å². The van der Waals surface area contributed by atoms with Gasteiger partial charge in [0, 0.05) is 0 Å². The van der Waals surface area contributed by atoms with Gasteiger partial charge in [0.2, 0.25) is 0 Å². The van der Waals surface area contributed by atoms with E-state index in [9.17, 15) is 4.53 Å². The summed E-state index contributed by atoms with van der Waals surface area (Å²) in [5.41, 5.74) is 0. The molecule has 0 aliphatic heterocycles. The molecule has 0 saturated heterocycles. The van der Waals surface area contributed by atoms with Crippen LogP contribution in [0.1, 0.15) is 0 Å². The molecule has 4 N–H and O–H groups in total. The van der Waals surface area contributed by atoms with Crippen molar-refractivity contribution in [3.63, 3.8) is 0 Å². The first-order chi connectivity index (χ1) is 2.56. The van der Waals surface area contributed by atoms with E-state index in [0.29, 0.717) is 0 Å². The van der Waals surface area contributed by atoms with Crippen molar-refractivity contribution in [2.45, 2.75) is 0 Å². The quantitative estimate of drug-likeness (QED) is 0.345. The largest absolute Gasteiger partial charge is 0.500 e. The van der Waals surface area contributed by atoms with Crippen molar-refractivity contribution in [3.05, 3.63) is 0 Å². The van der Waals surface area contributed by atoms with Crippen LogP contribution in [-0.4, -0.2) is 32.6 Å². The van der Waals surface area contributed by atoms with Gasteiger partial charge in [0.15, 0.2) is 17.4 Å². The van der Waals surface area contributed by atoms with E-state index < -0.39 is 7.82 Å². The maximum absolute atomic E-state index is 10.2. The van der Waals surface area contributed by atoms with Crippen LogP contribution in [0, 0.1) is 0 Å². The van der Waals surface area contributed by atoms with Crippen LogP contribution < -0.4 is 0 Å². The lowest BCUT2D eigenvalue weighted by Gasteiger charge is -1.87. The Labute approximate surface area is 55.0 Å². The average molecular weight is 164 g/mol. The van der Waals surface area contributed by atoms with Crippen molar-refractivity contribution in [2.75, 3.05) is 0 Å². The zero-order valence-corrected chi connectivity index (χ0v) is 3.93. The monoisotopic (exact) mass is 164 g/mol. The number of hydrogen-bond acceptors (Lipinski definition) is 2. The summed E-state index contributed by atoms with van der Waals surface area (Å²) < 4.78 is 21.4. The fraction of sp³-hybridized carbons (Fsp3) is 0. The Bertz CT molecular complexity index is 76.5. The third kappa shape index (κ3) is 16.0. The van der Waals surface area contributed by atoms with Crippen molar-refractivity contribution in [1.82, 2.24) is 0 Å². The van der Waals surface area contributed by atoms with Gasteiger partial charge in [-0.25, -0.2) is 4.57 Å². The second-order valence-electron chi connectivity index (χ2n) is 0.560. The van der Waals surface area contributed by atoms with E-state index in [4.69, 9.17) is 14.4 Å². The van der Waals surface area contributed by atoms with Crippen LogP contribution in [0.15, 0.2) is 0 Å². The summed E-state index contributed by atoms with van der Waals surface area (Å²) in [4.78, 5) is 14.7. The third-order valence-corrected chi connectivity index (χ3v) is 0.270. The van der Waals surface area contributed by atoms with Gasteiger partial charge in [0.1, 0.15) is 0 Å². The minimum atomic E-state index is -4.81. The second-order valence-corrected chi connectivity index (χ2v) is 1.68. The topological polar surface area (TPSA) is 98.3 Å². The Morgan fingerprint density at radius 2 is 1.62 bits per heavy atom. The van der Waals surface area contributed by atoms with Gasteiger partial charge in [0.25, 0.3) is 0 Å². The Hall–Kier alpha value is 0.532. The Balaban J connectivity index is -0.000000125. The molecule has 0 aromatic heterocycles. The average Bonchev–Trinajstić information content (AvgIpc) is 1.35. The molecular formula is H7AlFO5P. The fourth-order valence-electron chi connectivity index (χ4n) is 0. The summed E-state index contributed by atoms with van der Waals surface area (Å²) >= 11 is 0. The molecule has 0 radical (unpaired) electrons. The van der Waals surface area contributed by atoms with Gasteiger partial charge in [-0.2, -0.15) is 0 Å². The normalized spacial score (nSPS) is 8.88. The van der Waals surface area contributed by atoms with E-state index in [1.807, 2.05) is 0 Å². The van der Waals surface area contributed by atoms with Crippen molar-refractivity contribution >= 4 is 25.2 Å². The summed E-state index contributed by atoms with van der Waals surface area (Å²) in [6.07, 6.45) is 0. The van der Waals surface area contributed by atoms with Crippen molar-refractivity contribution in [3.8, 4) is 0 Å². The summed E-state index contributed by atoms with van der Waals surface area (Å²) in [5, 5.41) is 0. The van der Waals surface area contributed by atoms with Gasteiger partial charge in [-0.1, -0.05) is 4.73 Å². The SMILES string of the molecule is O.O=P(O)(O)OF.[AlH3]. The summed E-state index contributed by atoms with van der Waals surface area (Å²) in [6.45, 7) is 0. The highest BCUT2D eigenvalue weighted by atomic mass is 31.2. The number of halogens is 1. The first-order valence-corrected chi connectivity index (χ1v) is 2.45. The van der Waals surface area contributed by atoms with E-state index >= 15 is 0 Å². The molecule has 5 nitrogen and oxygen atoms in total. The molecule has 0 rings (SSSR count). The van der Waals surface area contributed by atoms with Crippen molar-refractivity contribution < 1.29 is 29.1 Å². The molecule has 0 saturated carbocycles. The van der Waals surface area contributed by atoms with Crippen LogP contribution in [0.2, 0.25) is 0 Å². The first kappa shape index (κ1) is 15.8. The highest BCUT2D eigenvalue weighted by Gasteiger charge is 2.12. The molecule has 0 amide bonds. The maximum atomic E-state index is 10.2. The lowest BCUT2D eigenvalue weighted by Crippen LogP contribution is -1.71. The molecule has 0 aliphatic rings. The van der Waals surface area contributed by atoms with E-state index in [1.165, 1.54) is 0 Å². The third-order valence-electron chi connectivity index (χ3n) is 0.0899. The van der Waals surface area contributed by atoms with Crippen LogP contribution in [0.3, 0.4) is 0 Å². The smallest absolute Gasteiger partial charge is 0.412 e. The molecule has 0 aliphatic carbocycles. The maximum Gasteiger partial charge on any atom is 0.500 e. The molecule has 8 heavy (non-hydrogen) atoms. The van der Waals surface area contributed by atoms with E-state index in [1.54, 1.807) is 0 Å². The van der Waals surface area contributed by atoms with Crippen molar-refractivity contribution in [2.24, 2.45) is 0 Å². The lowest BCUT2D eigenvalue weighted by atomic mass is 15.6. The van der Waals surface area contributed by atoms with Crippen molar-refractivity contribution in [1.29, 1.82) is 0 Å². The van der Waals surface area contributed by atoms with Gasteiger partial charge >= 0.3 is 7.82 Å². The molecule has 8 heteroatoms. The molecule has 0 aromatic carbocycles. The van der Waals surface area contributed by atoms with E-state index in [2.05, 4.69) is 4.73 Å². The molecule has 0 bridgehead atoms. The molecule has 0 aromatic rings. The van der Waals surface area contributed by atoms with Gasteiger partial charge in [-0.05, 0) is 4.53 Å². The van der Waals surface area contributed by atoms with Crippen LogP contribution in [0.25, 0.3) is 0 Å². The zero-order valence-electron chi connectivity index (χ0n) is 3.04. The molecule has 0 atom stereocenters. The molecule has 0 heterocycles. The highest BCUT2D eigenvalue weighted by molar-refractivity contribution is 7.46. The van der Waals surface area contributed by atoms with Gasteiger partial charge < -0.3 is 15.3 Å². The molecule has 52 valence electrons. The Morgan fingerprint density at radius 1 is 1.50 bits per heavy atom. The Morgan fingerprint density at radius 3 is 1.62 bits per heavy atom. The number of hydrogen-bond donors (Lipinski definition) is 2. The summed E-state index contributed by atoms with van der Waals surface area (Å²) in [6, 6.07) is 0. The minimum absolute atomic E-state index is 0. The summed E-state index contributed by atoms with van der Waals surface area (Å²) in [7, 11) is -4.81. The molecule has 0 fully saturated rings. The molecule has 0 unspecified atom stereocenters. The number of phosphoric acid groups is 1. The molecular weight excluding hydrogens is 157 g/mol. The predicted molar refractivity (Wildman–Crippen MR) is 27.8 cm³/mol. The van der Waals surface area contributed by atoms with Crippen LogP contribution in [-0.2, 0) is 9.29 Å². The lowest BCUT2D eigenvalue weighted by molar-refractivity contribution is -0.0389. The predicted octanol–water partition coefficient (Wildman–Crippen LogP) is -2.03. The zero-order chi connectivity index (χ0) is 5.21. The van der Waals surface area contributed by atoms with Crippen LogP contribution >= 0.6 is 7.82 Å². The van der Waals surface area contributed by atoms with E-state index in [0.717, 1.165) is 0 Å². The fourth-order valence-corrected chi connectivity index (χ4v) is 0. The minimum Gasteiger partial charge on any atom is -0.412 e.